The monoisotopic (exact) mass is 350 g/mol. The molecule has 1 N–H and O–H groups in total. The van der Waals surface area contributed by atoms with E-state index in [1.165, 1.54) is 12.1 Å². The zero-order valence-corrected chi connectivity index (χ0v) is 13.8. The SMILES string of the molecule is N#CN1CC[C@@H](NC(=O)c2ccc(-c3cnc4nccn4c3)cc2F)C1. The van der Waals surface area contributed by atoms with Gasteiger partial charge in [0.25, 0.3) is 5.91 Å². The van der Waals surface area contributed by atoms with E-state index < -0.39 is 11.7 Å². The maximum atomic E-state index is 14.5. The van der Waals surface area contributed by atoms with Gasteiger partial charge in [0.1, 0.15) is 5.82 Å². The molecule has 26 heavy (non-hydrogen) atoms. The molecule has 1 aliphatic rings. The number of carbonyl (C=O) groups excluding carboxylic acids is 1. The van der Waals surface area contributed by atoms with E-state index in [0.29, 0.717) is 30.9 Å². The van der Waals surface area contributed by atoms with Crippen LogP contribution in [0.3, 0.4) is 0 Å². The highest BCUT2D eigenvalue weighted by atomic mass is 19.1. The van der Waals surface area contributed by atoms with Gasteiger partial charge in [-0.05, 0) is 24.1 Å². The van der Waals surface area contributed by atoms with Crippen LogP contribution in [0.1, 0.15) is 16.8 Å². The molecule has 1 aromatic carbocycles. The van der Waals surface area contributed by atoms with Crippen molar-refractivity contribution in [3.63, 3.8) is 0 Å². The van der Waals surface area contributed by atoms with Crippen molar-refractivity contribution in [2.24, 2.45) is 0 Å². The second-order valence-corrected chi connectivity index (χ2v) is 6.18. The Balaban J connectivity index is 1.54. The van der Waals surface area contributed by atoms with Gasteiger partial charge in [-0.15, -0.1) is 0 Å². The van der Waals surface area contributed by atoms with Gasteiger partial charge in [0.15, 0.2) is 6.19 Å². The molecule has 1 saturated heterocycles. The van der Waals surface area contributed by atoms with Gasteiger partial charge >= 0.3 is 0 Å². The molecule has 0 spiro atoms. The third kappa shape index (κ3) is 2.95. The summed E-state index contributed by atoms with van der Waals surface area (Å²) in [4.78, 5) is 22.2. The molecule has 1 aliphatic heterocycles. The molecule has 0 saturated carbocycles. The third-order valence-electron chi connectivity index (χ3n) is 4.46. The molecule has 4 rings (SSSR count). The summed E-state index contributed by atoms with van der Waals surface area (Å²) in [7, 11) is 0. The van der Waals surface area contributed by atoms with Crippen LogP contribution in [0.5, 0.6) is 0 Å². The van der Waals surface area contributed by atoms with Crippen molar-refractivity contribution >= 4 is 11.7 Å². The summed E-state index contributed by atoms with van der Waals surface area (Å²) in [6, 6.07) is 4.34. The van der Waals surface area contributed by atoms with E-state index in [1.54, 1.807) is 40.2 Å². The number of amides is 1. The zero-order chi connectivity index (χ0) is 18.1. The van der Waals surface area contributed by atoms with Crippen molar-refractivity contribution in [1.82, 2.24) is 24.6 Å². The molecule has 2 aromatic heterocycles. The Morgan fingerprint density at radius 3 is 3.00 bits per heavy atom. The van der Waals surface area contributed by atoms with Crippen molar-refractivity contribution in [2.75, 3.05) is 13.1 Å². The number of nitrogens with one attached hydrogen (secondary N) is 1. The van der Waals surface area contributed by atoms with Gasteiger partial charge in [0, 0.05) is 49.5 Å². The van der Waals surface area contributed by atoms with Crippen molar-refractivity contribution in [2.45, 2.75) is 12.5 Å². The molecular weight excluding hydrogens is 335 g/mol. The molecular formula is C18H15FN6O. The summed E-state index contributed by atoms with van der Waals surface area (Å²) < 4.78 is 16.2. The van der Waals surface area contributed by atoms with Gasteiger partial charge < -0.3 is 10.2 Å². The number of likely N-dealkylation sites (tertiary alicyclic amines) is 1. The average Bonchev–Trinajstić information content (AvgIpc) is 3.29. The van der Waals surface area contributed by atoms with Crippen LogP contribution < -0.4 is 5.32 Å². The van der Waals surface area contributed by atoms with E-state index in [0.717, 1.165) is 5.56 Å². The van der Waals surface area contributed by atoms with Gasteiger partial charge in [0.05, 0.1) is 5.56 Å². The lowest BCUT2D eigenvalue weighted by atomic mass is 10.1. The maximum Gasteiger partial charge on any atom is 0.254 e. The van der Waals surface area contributed by atoms with E-state index in [9.17, 15) is 9.18 Å². The number of hydrogen-bond acceptors (Lipinski definition) is 5. The fourth-order valence-corrected chi connectivity index (χ4v) is 3.08. The van der Waals surface area contributed by atoms with Crippen molar-refractivity contribution < 1.29 is 9.18 Å². The fraction of sp³-hybridized carbons (Fsp3) is 0.222. The quantitative estimate of drug-likeness (QED) is 0.728. The standard InChI is InChI=1S/C18H15FN6O/c19-16-7-12(13-8-22-18-21-4-6-25(18)9-13)1-2-15(16)17(26)23-14-3-5-24(10-14)11-20/h1-2,4,6-9,14H,3,5,10H2,(H,23,26)/t14-/m1/s1. The first kappa shape index (κ1) is 16.0. The molecule has 130 valence electrons. The predicted octanol–water partition coefficient (Wildman–Crippen LogP) is 1.82. The van der Waals surface area contributed by atoms with Gasteiger partial charge in [-0.25, -0.2) is 14.4 Å². The number of nitrogens with zero attached hydrogens (tertiary/aromatic N) is 5. The van der Waals surface area contributed by atoms with Gasteiger partial charge in [0.2, 0.25) is 5.78 Å². The lowest BCUT2D eigenvalue weighted by Crippen LogP contribution is -2.36. The summed E-state index contributed by atoms with van der Waals surface area (Å²) >= 11 is 0. The molecule has 1 amide bonds. The summed E-state index contributed by atoms with van der Waals surface area (Å²) in [5, 5.41) is 11.6. The van der Waals surface area contributed by atoms with Crippen LogP contribution >= 0.6 is 0 Å². The van der Waals surface area contributed by atoms with E-state index >= 15 is 0 Å². The lowest BCUT2D eigenvalue weighted by Gasteiger charge is -2.13. The topological polar surface area (TPSA) is 86.3 Å². The van der Waals surface area contributed by atoms with Gasteiger partial charge in [-0.3, -0.25) is 9.20 Å². The van der Waals surface area contributed by atoms with Crippen LogP contribution in [-0.2, 0) is 0 Å². The Bertz CT molecular complexity index is 1020. The predicted molar refractivity (Wildman–Crippen MR) is 91.4 cm³/mol. The molecule has 1 fully saturated rings. The minimum atomic E-state index is -0.596. The number of nitriles is 1. The number of aromatic nitrogens is 3. The van der Waals surface area contributed by atoms with Crippen LogP contribution in [0.2, 0.25) is 0 Å². The molecule has 1 atom stereocenters. The smallest absolute Gasteiger partial charge is 0.254 e. The van der Waals surface area contributed by atoms with Crippen molar-refractivity contribution in [1.29, 1.82) is 5.26 Å². The summed E-state index contributed by atoms with van der Waals surface area (Å²) in [5.74, 6) is -0.504. The molecule has 0 radical (unpaired) electrons. The van der Waals surface area contributed by atoms with Gasteiger partial charge in [-0.2, -0.15) is 5.26 Å². The number of hydrogen-bond donors (Lipinski definition) is 1. The highest BCUT2D eigenvalue weighted by Gasteiger charge is 2.24. The average molecular weight is 350 g/mol. The summed E-state index contributed by atoms with van der Waals surface area (Å²) in [6.07, 6.45) is 9.54. The largest absolute Gasteiger partial charge is 0.347 e. The normalized spacial score (nSPS) is 16.6. The van der Waals surface area contributed by atoms with Crippen LogP contribution in [0.4, 0.5) is 4.39 Å². The van der Waals surface area contributed by atoms with E-state index in [-0.39, 0.29) is 11.6 Å². The Morgan fingerprint density at radius 2 is 2.23 bits per heavy atom. The van der Waals surface area contributed by atoms with E-state index in [1.807, 2.05) is 0 Å². The lowest BCUT2D eigenvalue weighted by molar-refractivity contribution is 0.0935. The molecule has 0 unspecified atom stereocenters. The highest BCUT2D eigenvalue weighted by Crippen LogP contribution is 2.22. The Morgan fingerprint density at radius 1 is 1.35 bits per heavy atom. The maximum absolute atomic E-state index is 14.5. The second kappa shape index (κ2) is 6.44. The third-order valence-corrected chi connectivity index (χ3v) is 4.46. The summed E-state index contributed by atoms with van der Waals surface area (Å²) in [5.41, 5.74) is 1.33. The number of carbonyl (C=O) groups is 1. The molecule has 0 aliphatic carbocycles. The zero-order valence-electron chi connectivity index (χ0n) is 13.8. The van der Waals surface area contributed by atoms with Crippen molar-refractivity contribution in [3.8, 4) is 17.3 Å². The number of benzene rings is 1. The molecule has 3 heterocycles. The Hall–Kier alpha value is -3.47. The molecule has 3 aromatic rings. The van der Waals surface area contributed by atoms with E-state index in [2.05, 4.69) is 21.5 Å². The Labute approximate surface area is 148 Å². The number of rotatable bonds is 3. The number of imidazole rings is 1. The first-order chi connectivity index (χ1) is 12.6. The van der Waals surface area contributed by atoms with Crippen LogP contribution in [0, 0.1) is 17.3 Å². The van der Waals surface area contributed by atoms with Crippen LogP contribution in [-0.4, -0.2) is 44.3 Å². The summed E-state index contributed by atoms with van der Waals surface area (Å²) in [6.45, 7) is 1.06. The molecule has 7 nitrogen and oxygen atoms in total. The minimum Gasteiger partial charge on any atom is -0.347 e. The minimum absolute atomic E-state index is 0.0131. The molecule has 0 bridgehead atoms. The van der Waals surface area contributed by atoms with Gasteiger partial charge in [-0.1, -0.05) is 6.07 Å². The number of fused-ring (bicyclic) bond motifs is 1. The van der Waals surface area contributed by atoms with Crippen molar-refractivity contribution in [3.05, 3.63) is 54.4 Å². The first-order valence-corrected chi connectivity index (χ1v) is 8.18. The molecule has 8 heteroatoms. The first-order valence-electron chi connectivity index (χ1n) is 8.18. The second-order valence-electron chi connectivity index (χ2n) is 6.18. The van der Waals surface area contributed by atoms with E-state index in [4.69, 9.17) is 5.26 Å². The fourth-order valence-electron chi connectivity index (χ4n) is 3.08. The van der Waals surface area contributed by atoms with Crippen LogP contribution in [0.25, 0.3) is 16.9 Å². The highest BCUT2D eigenvalue weighted by molar-refractivity contribution is 5.95. The number of halogens is 1. The Kier molecular flexibility index (Phi) is 3.97. The van der Waals surface area contributed by atoms with Crippen LogP contribution in [0.15, 0.2) is 43.0 Å².